The van der Waals surface area contributed by atoms with Gasteiger partial charge < -0.3 is 25.0 Å². The molecule has 2 aromatic heterocycles. The lowest BCUT2D eigenvalue weighted by Gasteiger charge is -2.45. The van der Waals surface area contributed by atoms with Crippen LogP contribution in [-0.4, -0.2) is 43.2 Å². The molecule has 8 nitrogen and oxygen atoms in total. The molecule has 8 heteroatoms. The highest BCUT2D eigenvalue weighted by Crippen LogP contribution is 2.41. The molecule has 1 saturated heterocycles. The van der Waals surface area contributed by atoms with Gasteiger partial charge in [-0.25, -0.2) is 14.8 Å². The Balaban J connectivity index is 1.51. The lowest BCUT2D eigenvalue weighted by Crippen LogP contribution is -2.51. The number of rotatable bonds is 4. The Hall–Kier alpha value is -4.07. The van der Waals surface area contributed by atoms with Gasteiger partial charge in [-0.1, -0.05) is 51.1 Å². The number of amides is 1. The Morgan fingerprint density at radius 3 is 2.42 bits per heavy atom. The predicted octanol–water partition coefficient (Wildman–Crippen LogP) is 6.20. The first-order valence-electron chi connectivity index (χ1n) is 12.2. The van der Waals surface area contributed by atoms with Crippen molar-refractivity contribution in [2.75, 3.05) is 12.3 Å². The van der Waals surface area contributed by atoms with Crippen molar-refractivity contribution in [1.29, 1.82) is 0 Å². The van der Waals surface area contributed by atoms with Gasteiger partial charge in [0.25, 0.3) is 0 Å². The summed E-state index contributed by atoms with van der Waals surface area (Å²) >= 11 is 0. The van der Waals surface area contributed by atoms with E-state index in [1.165, 1.54) is 6.33 Å². The maximum Gasteiger partial charge on any atom is 0.407 e. The minimum atomic E-state index is -0.865. The summed E-state index contributed by atoms with van der Waals surface area (Å²) in [5, 5.41) is 10.6. The number of hydrogen-bond donors (Lipinski definition) is 2. The molecule has 1 aliphatic rings. The fraction of sp³-hybridized carbons (Fsp3) is 0.321. The zero-order valence-electron chi connectivity index (χ0n) is 20.8. The monoisotopic (exact) mass is 485 g/mol. The van der Waals surface area contributed by atoms with Crippen LogP contribution in [0.5, 0.6) is 11.5 Å². The van der Waals surface area contributed by atoms with Crippen molar-refractivity contribution in [3.63, 3.8) is 0 Å². The molecule has 2 atom stereocenters. The van der Waals surface area contributed by atoms with E-state index in [0.29, 0.717) is 25.2 Å². The second kappa shape index (κ2) is 9.18. The van der Waals surface area contributed by atoms with E-state index in [-0.39, 0.29) is 17.5 Å². The summed E-state index contributed by atoms with van der Waals surface area (Å²) in [5.41, 5.74) is 8.86. The zero-order valence-corrected chi connectivity index (χ0v) is 20.8. The van der Waals surface area contributed by atoms with E-state index in [1.54, 1.807) is 4.90 Å². The minimum Gasteiger partial charge on any atom is -0.465 e. The maximum atomic E-state index is 11.9. The summed E-state index contributed by atoms with van der Waals surface area (Å²) < 4.78 is 8.11. The van der Waals surface area contributed by atoms with Gasteiger partial charge in [0.1, 0.15) is 29.3 Å². The van der Waals surface area contributed by atoms with Crippen LogP contribution >= 0.6 is 0 Å². The molecule has 4 aromatic rings. The van der Waals surface area contributed by atoms with Gasteiger partial charge in [0.05, 0.1) is 5.39 Å². The molecule has 0 saturated carbocycles. The smallest absolute Gasteiger partial charge is 0.407 e. The molecule has 0 bridgehead atoms. The lowest BCUT2D eigenvalue weighted by molar-refractivity contribution is 0.0435. The Labute approximate surface area is 210 Å². The molecule has 1 fully saturated rings. The standard InChI is InChI=1S/C28H31N5O3/c1-28(2,3)23-15-19(13-14-32(23)27(34)35)33-16-22(24-25(29)30-17-31-26(24)33)18-9-11-21(12-10-18)36-20-7-5-4-6-8-20/h4-12,16-17,19,23H,13-15H2,1-3H3,(H,34,35)(H2,29,30,31). The van der Waals surface area contributed by atoms with Crippen LogP contribution in [0.4, 0.5) is 10.6 Å². The van der Waals surface area contributed by atoms with Crippen LogP contribution in [0.2, 0.25) is 0 Å². The van der Waals surface area contributed by atoms with E-state index < -0.39 is 6.09 Å². The molecule has 0 radical (unpaired) electrons. The number of carbonyl (C=O) groups is 1. The molecule has 1 aliphatic heterocycles. The normalized spacial score (nSPS) is 18.4. The topological polar surface area (TPSA) is 107 Å². The number of piperidine rings is 1. The highest BCUT2D eigenvalue weighted by Gasteiger charge is 2.39. The van der Waals surface area contributed by atoms with Crippen molar-refractivity contribution in [2.45, 2.75) is 45.7 Å². The van der Waals surface area contributed by atoms with Crippen LogP contribution in [0.15, 0.2) is 67.1 Å². The number of nitrogens with zero attached hydrogens (tertiary/aromatic N) is 4. The highest BCUT2D eigenvalue weighted by atomic mass is 16.5. The summed E-state index contributed by atoms with van der Waals surface area (Å²) in [6.07, 6.45) is 4.12. The number of aromatic nitrogens is 3. The number of carboxylic acid groups (broad SMARTS) is 1. The van der Waals surface area contributed by atoms with E-state index in [0.717, 1.165) is 33.7 Å². The first-order valence-corrected chi connectivity index (χ1v) is 12.2. The Bertz CT molecular complexity index is 1380. The fourth-order valence-electron chi connectivity index (χ4n) is 5.18. The predicted molar refractivity (Wildman–Crippen MR) is 140 cm³/mol. The van der Waals surface area contributed by atoms with Crippen molar-refractivity contribution in [1.82, 2.24) is 19.4 Å². The molecule has 0 spiro atoms. The molecule has 2 aromatic carbocycles. The van der Waals surface area contributed by atoms with Crippen molar-refractivity contribution in [2.24, 2.45) is 5.41 Å². The SMILES string of the molecule is CC(C)(C)C1CC(n2cc(-c3ccc(Oc4ccccc4)cc3)c3c(N)ncnc32)CCN1C(=O)O. The van der Waals surface area contributed by atoms with Crippen LogP contribution < -0.4 is 10.5 Å². The van der Waals surface area contributed by atoms with Gasteiger partial charge >= 0.3 is 6.09 Å². The minimum absolute atomic E-state index is 0.0936. The average molecular weight is 486 g/mol. The summed E-state index contributed by atoms with van der Waals surface area (Å²) in [6.45, 7) is 6.75. The molecule has 2 unspecified atom stereocenters. The van der Waals surface area contributed by atoms with E-state index in [2.05, 4.69) is 41.5 Å². The van der Waals surface area contributed by atoms with Crippen molar-refractivity contribution >= 4 is 22.9 Å². The molecule has 3 heterocycles. The number of anilines is 1. The van der Waals surface area contributed by atoms with Crippen LogP contribution in [0.1, 0.15) is 39.7 Å². The molecule has 5 rings (SSSR count). The highest BCUT2D eigenvalue weighted by molar-refractivity contribution is 6.00. The van der Waals surface area contributed by atoms with Gasteiger partial charge in [-0.3, -0.25) is 0 Å². The number of nitrogen functional groups attached to an aromatic ring is 1. The quantitative estimate of drug-likeness (QED) is 0.356. The Morgan fingerprint density at radius 1 is 1.06 bits per heavy atom. The van der Waals surface area contributed by atoms with E-state index in [9.17, 15) is 9.90 Å². The first kappa shape index (κ1) is 23.7. The third-order valence-electron chi connectivity index (χ3n) is 7.00. The van der Waals surface area contributed by atoms with Gasteiger partial charge in [-0.15, -0.1) is 0 Å². The molecule has 1 amide bonds. The molecule has 186 valence electrons. The largest absolute Gasteiger partial charge is 0.465 e. The number of likely N-dealkylation sites (tertiary alicyclic amines) is 1. The average Bonchev–Trinajstić information content (AvgIpc) is 3.25. The third kappa shape index (κ3) is 4.46. The number of nitrogens with two attached hydrogens (primary N) is 1. The summed E-state index contributed by atoms with van der Waals surface area (Å²) in [7, 11) is 0. The van der Waals surface area contributed by atoms with E-state index in [4.69, 9.17) is 10.5 Å². The Morgan fingerprint density at radius 2 is 1.75 bits per heavy atom. The van der Waals surface area contributed by atoms with Crippen LogP contribution in [0.3, 0.4) is 0 Å². The van der Waals surface area contributed by atoms with Gasteiger partial charge in [0, 0.05) is 30.4 Å². The Kier molecular flexibility index (Phi) is 6.04. The second-order valence-electron chi connectivity index (χ2n) is 10.4. The van der Waals surface area contributed by atoms with Crippen molar-refractivity contribution in [3.05, 3.63) is 67.1 Å². The second-order valence-corrected chi connectivity index (χ2v) is 10.4. The van der Waals surface area contributed by atoms with Gasteiger partial charge in [-0.2, -0.15) is 0 Å². The van der Waals surface area contributed by atoms with Gasteiger partial charge in [0.2, 0.25) is 0 Å². The number of hydrogen-bond acceptors (Lipinski definition) is 5. The molecule has 0 aliphatic carbocycles. The van der Waals surface area contributed by atoms with Crippen LogP contribution in [0.25, 0.3) is 22.2 Å². The van der Waals surface area contributed by atoms with E-state index >= 15 is 0 Å². The van der Waals surface area contributed by atoms with Crippen LogP contribution in [-0.2, 0) is 0 Å². The number of para-hydroxylation sites is 1. The first-order chi connectivity index (χ1) is 17.2. The molecule has 36 heavy (non-hydrogen) atoms. The number of benzene rings is 2. The maximum absolute atomic E-state index is 11.9. The van der Waals surface area contributed by atoms with Crippen molar-refractivity contribution in [3.8, 4) is 22.6 Å². The molecule has 3 N–H and O–H groups in total. The summed E-state index contributed by atoms with van der Waals surface area (Å²) in [6, 6.07) is 17.5. The number of fused-ring (bicyclic) bond motifs is 1. The van der Waals surface area contributed by atoms with Gasteiger partial charge in [0.15, 0.2) is 0 Å². The van der Waals surface area contributed by atoms with Crippen molar-refractivity contribution < 1.29 is 14.6 Å². The molecular weight excluding hydrogens is 454 g/mol. The third-order valence-corrected chi connectivity index (χ3v) is 7.00. The summed E-state index contributed by atoms with van der Waals surface area (Å²) in [5.74, 6) is 1.95. The van der Waals surface area contributed by atoms with Gasteiger partial charge in [-0.05, 0) is 48.1 Å². The lowest BCUT2D eigenvalue weighted by atomic mass is 9.79. The zero-order chi connectivity index (χ0) is 25.4. The summed E-state index contributed by atoms with van der Waals surface area (Å²) in [4.78, 5) is 22.3. The van der Waals surface area contributed by atoms with Crippen LogP contribution in [0, 0.1) is 5.41 Å². The fourth-order valence-corrected chi connectivity index (χ4v) is 5.18. The number of ether oxygens (including phenoxy) is 1. The molecular formula is C28H31N5O3. The van der Waals surface area contributed by atoms with E-state index in [1.807, 2.05) is 54.6 Å².